The van der Waals surface area contributed by atoms with Crippen molar-refractivity contribution in [1.29, 1.82) is 0 Å². The Kier molecular flexibility index (Phi) is 3.05. The van der Waals surface area contributed by atoms with Crippen molar-refractivity contribution >= 4 is 17.1 Å². The first-order valence-corrected chi connectivity index (χ1v) is 6.92. The molecule has 2 aromatic rings. The maximum atomic E-state index is 2.36. The number of hydrogen-bond acceptors (Lipinski definition) is 3. The Hall–Kier alpha value is -2.16. The molecule has 0 spiro atoms. The maximum absolute atomic E-state index is 2.36. The van der Waals surface area contributed by atoms with Gasteiger partial charge in [-0.05, 0) is 17.7 Å². The average molecular weight is 267 g/mol. The van der Waals surface area contributed by atoms with E-state index in [2.05, 4.69) is 91.4 Å². The Balaban J connectivity index is 2.11. The largest absolute Gasteiger partial charge is 0.376 e. The third-order valence-corrected chi connectivity index (χ3v) is 4.04. The molecule has 0 fully saturated rings. The van der Waals surface area contributed by atoms with Crippen LogP contribution in [0.1, 0.15) is 11.7 Å². The molecule has 1 heterocycles. The SMILES string of the molecule is CN(C)c1cccc2c1N(C)C(c1ccccc1)N2C. The fourth-order valence-corrected chi connectivity index (χ4v) is 3.11. The van der Waals surface area contributed by atoms with Gasteiger partial charge in [-0.15, -0.1) is 0 Å². The molecule has 3 rings (SSSR count). The summed E-state index contributed by atoms with van der Waals surface area (Å²) >= 11 is 0. The van der Waals surface area contributed by atoms with Crippen LogP contribution in [0, 0.1) is 0 Å². The first-order chi connectivity index (χ1) is 9.61. The van der Waals surface area contributed by atoms with Crippen LogP contribution >= 0.6 is 0 Å². The Bertz CT molecular complexity index is 607. The molecule has 1 aliphatic rings. The normalized spacial score (nSPS) is 17.3. The summed E-state index contributed by atoms with van der Waals surface area (Å²) in [7, 11) is 8.53. The molecule has 0 bridgehead atoms. The van der Waals surface area contributed by atoms with Gasteiger partial charge in [0.2, 0.25) is 0 Å². The number of anilines is 3. The van der Waals surface area contributed by atoms with E-state index in [4.69, 9.17) is 0 Å². The van der Waals surface area contributed by atoms with Crippen molar-refractivity contribution in [3.05, 3.63) is 54.1 Å². The molecule has 1 unspecified atom stereocenters. The van der Waals surface area contributed by atoms with Crippen molar-refractivity contribution in [2.45, 2.75) is 6.17 Å². The predicted molar refractivity (Wildman–Crippen MR) is 86.8 cm³/mol. The van der Waals surface area contributed by atoms with Crippen LogP contribution < -0.4 is 14.7 Å². The second kappa shape index (κ2) is 4.75. The zero-order valence-corrected chi connectivity index (χ0v) is 12.5. The van der Waals surface area contributed by atoms with E-state index in [9.17, 15) is 0 Å². The maximum Gasteiger partial charge on any atom is 0.128 e. The van der Waals surface area contributed by atoms with E-state index in [1.165, 1.54) is 22.6 Å². The van der Waals surface area contributed by atoms with Gasteiger partial charge in [-0.2, -0.15) is 0 Å². The van der Waals surface area contributed by atoms with Crippen molar-refractivity contribution in [1.82, 2.24) is 0 Å². The lowest BCUT2D eigenvalue weighted by Crippen LogP contribution is -2.30. The molecular weight excluding hydrogens is 246 g/mol. The lowest BCUT2D eigenvalue weighted by Gasteiger charge is -2.29. The first kappa shape index (κ1) is 12.9. The van der Waals surface area contributed by atoms with E-state index in [1.807, 2.05) is 0 Å². The first-order valence-electron chi connectivity index (χ1n) is 6.92. The molecule has 0 N–H and O–H groups in total. The molecule has 104 valence electrons. The summed E-state index contributed by atoms with van der Waals surface area (Å²) in [6, 6.07) is 17.2. The van der Waals surface area contributed by atoms with E-state index in [0.717, 1.165) is 0 Å². The smallest absolute Gasteiger partial charge is 0.128 e. The summed E-state index contributed by atoms with van der Waals surface area (Å²) < 4.78 is 0. The molecular formula is C17H21N3. The standard InChI is InChI=1S/C17H21N3/c1-18(2)14-11-8-12-15-16(14)20(4)17(19(15)3)13-9-6-5-7-10-13/h5-12,17H,1-4H3. The highest BCUT2D eigenvalue weighted by molar-refractivity contribution is 5.88. The van der Waals surface area contributed by atoms with Gasteiger partial charge < -0.3 is 14.7 Å². The Labute approximate surface area is 121 Å². The van der Waals surface area contributed by atoms with Gasteiger partial charge >= 0.3 is 0 Å². The third kappa shape index (κ3) is 1.82. The molecule has 0 saturated carbocycles. The minimum atomic E-state index is 0.257. The molecule has 0 aliphatic carbocycles. The number of rotatable bonds is 2. The molecule has 1 aliphatic heterocycles. The van der Waals surface area contributed by atoms with E-state index in [-0.39, 0.29) is 6.17 Å². The quantitative estimate of drug-likeness (QED) is 0.826. The van der Waals surface area contributed by atoms with Gasteiger partial charge in [0, 0.05) is 28.2 Å². The molecule has 1 atom stereocenters. The van der Waals surface area contributed by atoms with Crippen molar-refractivity contribution in [2.24, 2.45) is 0 Å². The molecule has 0 saturated heterocycles. The van der Waals surface area contributed by atoms with Gasteiger partial charge in [0.05, 0.1) is 17.1 Å². The molecule has 20 heavy (non-hydrogen) atoms. The molecule has 2 aromatic carbocycles. The fraction of sp³-hybridized carbons (Fsp3) is 0.294. The van der Waals surface area contributed by atoms with Gasteiger partial charge in [0.15, 0.2) is 0 Å². The number of benzene rings is 2. The van der Waals surface area contributed by atoms with Gasteiger partial charge in [-0.1, -0.05) is 36.4 Å². The van der Waals surface area contributed by atoms with Crippen LogP contribution in [-0.4, -0.2) is 28.2 Å². The summed E-state index contributed by atoms with van der Waals surface area (Å²) in [5.74, 6) is 0. The lowest BCUT2D eigenvalue weighted by molar-refractivity contribution is 0.694. The van der Waals surface area contributed by atoms with Crippen LogP contribution in [0.5, 0.6) is 0 Å². The Morgan fingerprint density at radius 2 is 1.55 bits per heavy atom. The van der Waals surface area contributed by atoms with Gasteiger partial charge in [0.1, 0.15) is 6.17 Å². The molecule has 3 nitrogen and oxygen atoms in total. The number of hydrogen-bond donors (Lipinski definition) is 0. The summed E-state index contributed by atoms with van der Waals surface area (Å²) in [6.07, 6.45) is 0.257. The minimum absolute atomic E-state index is 0.257. The Morgan fingerprint density at radius 3 is 2.20 bits per heavy atom. The summed E-state index contributed by atoms with van der Waals surface area (Å²) in [6.45, 7) is 0. The van der Waals surface area contributed by atoms with Crippen molar-refractivity contribution < 1.29 is 0 Å². The predicted octanol–water partition coefficient (Wildman–Crippen LogP) is 3.34. The van der Waals surface area contributed by atoms with E-state index in [0.29, 0.717) is 0 Å². The van der Waals surface area contributed by atoms with E-state index >= 15 is 0 Å². The molecule has 0 aromatic heterocycles. The zero-order chi connectivity index (χ0) is 14.3. The van der Waals surface area contributed by atoms with Gasteiger partial charge in [-0.3, -0.25) is 0 Å². The molecule has 0 amide bonds. The number of para-hydroxylation sites is 1. The zero-order valence-electron chi connectivity index (χ0n) is 12.5. The number of nitrogens with zero attached hydrogens (tertiary/aromatic N) is 3. The van der Waals surface area contributed by atoms with Crippen LogP contribution in [0.15, 0.2) is 48.5 Å². The highest BCUT2D eigenvalue weighted by Gasteiger charge is 2.34. The molecule has 3 heteroatoms. The second-order valence-corrected chi connectivity index (χ2v) is 5.55. The van der Waals surface area contributed by atoms with Crippen LogP contribution in [0.3, 0.4) is 0 Å². The van der Waals surface area contributed by atoms with Crippen molar-refractivity contribution in [2.75, 3.05) is 42.9 Å². The second-order valence-electron chi connectivity index (χ2n) is 5.55. The summed E-state index contributed by atoms with van der Waals surface area (Å²) in [5, 5.41) is 0. The van der Waals surface area contributed by atoms with E-state index < -0.39 is 0 Å². The highest BCUT2D eigenvalue weighted by atomic mass is 15.4. The van der Waals surface area contributed by atoms with Gasteiger partial charge in [0.25, 0.3) is 0 Å². The number of fused-ring (bicyclic) bond motifs is 1. The minimum Gasteiger partial charge on any atom is -0.376 e. The summed E-state index contributed by atoms with van der Waals surface area (Å²) in [4.78, 5) is 6.88. The topological polar surface area (TPSA) is 9.72 Å². The van der Waals surface area contributed by atoms with Crippen LogP contribution in [0.4, 0.5) is 17.1 Å². The third-order valence-electron chi connectivity index (χ3n) is 4.04. The van der Waals surface area contributed by atoms with Crippen LogP contribution in [0.25, 0.3) is 0 Å². The van der Waals surface area contributed by atoms with Crippen molar-refractivity contribution in [3.8, 4) is 0 Å². The Morgan fingerprint density at radius 1 is 0.850 bits per heavy atom. The average Bonchev–Trinajstić information content (AvgIpc) is 2.72. The monoisotopic (exact) mass is 267 g/mol. The summed E-state index contributed by atoms with van der Waals surface area (Å²) in [5.41, 5.74) is 5.16. The van der Waals surface area contributed by atoms with Crippen molar-refractivity contribution in [3.63, 3.8) is 0 Å². The van der Waals surface area contributed by atoms with Gasteiger partial charge in [-0.25, -0.2) is 0 Å². The fourth-order valence-electron chi connectivity index (χ4n) is 3.11. The van der Waals surface area contributed by atoms with Crippen LogP contribution in [0.2, 0.25) is 0 Å². The highest BCUT2D eigenvalue weighted by Crippen LogP contribution is 2.48. The van der Waals surface area contributed by atoms with E-state index in [1.54, 1.807) is 0 Å². The molecule has 0 radical (unpaired) electrons. The lowest BCUT2D eigenvalue weighted by atomic mass is 10.1. The van der Waals surface area contributed by atoms with Crippen LogP contribution in [-0.2, 0) is 0 Å².